The second-order valence-corrected chi connectivity index (χ2v) is 7.49. The molecule has 0 atom stereocenters. The maximum Gasteiger partial charge on any atom is 0.252 e. The van der Waals surface area contributed by atoms with E-state index in [0.717, 1.165) is 17.7 Å². The quantitative estimate of drug-likeness (QED) is 0.186. The zero-order valence-corrected chi connectivity index (χ0v) is 21.1. The molecule has 7 nitrogen and oxygen atoms in total. The summed E-state index contributed by atoms with van der Waals surface area (Å²) in [6.45, 7) is 8.77. The van der Waals surface area contributed by atoms with E-state index >= 15 is 0 Å². The highest BCUT2D eigenvalue weighted by molar-refractivity contribution is 14.0. The fourth-order valence-corrected chi connectivity index (χ4v) is 2.70. The number of carbonyl (C=O) groups is 1. The van der Waals surface area contributed by atoms with Gasteiger partial charge in [0.1, 0.15) is 5.75 Å². The van der Waals surface area contributed by atoms with Crippen molar-refractivity contribution in [3.63, 3.8) is 0 Å². The van der Waals surface area contributed by atoms with E-state index in [1.165, 1.54) is 5.56 Å². The summed E-state index contributed by atoms with van der Waals surface area (Å²) in [5.74, 6) is 2.04. The fourth-order valence-electron chi connectivity index (χ4n) is 2.70. The molecule has 1 amide bonds. The number of benzene rings is 1. The Labute approximate surface area is 202 Å². The minimum Gasteiger partial charge on any atom is -0.493 e. The van der Waals surface area contributed by atoms with E-state index in [9.17, 15) is 4.79 Å². The van der Waals surface area contributed by atoms with Gasteiger partial charge in [0.2, 0.25) is 0 Å². The van der Waals surface area contributed by atoms with E-state index in [4.69, 9.17) is 4.74 Å². The molecule has 0 saturated carbocycles. The number of aromatic nitrogens is 1. The smallest absolute Gasteiger partial charge is 0.252 e. The number of hydrogen-bond acceptors (Lipinski definition) is 4. The van der Waals surface area contributed by atoms with Gasteiger partial charge in [0, 0.05) is 44.6 Å². The Morgan fingerprint density at radius 2 is 1.94 bits per heavy atom. The largest absolute Gasteiger partial charge is 0.493 e. The highest BCUT2D eigenvalue weighted by atomic mass is 127. The number of aliphatic imine (C=N–C) groups is 1. The Hall–Kier alpha value is -2.36. The van der Waals surface area contributed by atoms with Crippen molar-refractivity contribution in [2.24, 2.45) is 10.9 Å². The standard InChI is InChI=1S/C23H33N5O2.HI/c1-17(2)9-13-30-21-14-18(3)7-8-19(21)16-28-23(24-4)27-12-11-26-22(29)20-6-5-10-25-15-20;/h5-8,10,14-15,17H,9,11-13,16H2,1-4H3,(H,26,29)(H2,24,27,28);1H. The molecule has 31 heavy (non-hydrogen) atoms. The number of ether oxygens (including phenoxy) is 1. The highest BCUT2D eigenvalue weighted by Crippen LogP contribution is 2.21. The molecule has 0 bridgehead atoms. The van der Waals surface area contributed by atoms with Crippen LogP contribution in [-0.2, 0) is 6.54 Å². The van der Waals surface area contributed by atoms with Gasteiger partial charge in [-0.1, -0.05) is 26.0 Å². The van der Waals surface area contributed by atoms with Crippen molar-refractivity contribution < 1.29 is 9.53 Å². The maximum absolute atomic E-state index is 12.0. The summed E-state index contributed by atoms with van der Waals surface area (Å²) in [4.78, 5) is 20.2. The molecule has 0 aliphatic heterocycles. The third-order valence-corrected chi connectivity index (χ3v) is 4.47. The molecular weight excluding hydrogens is 505 g/mol. The number of pyridine rings is 1. The molecule has 0 aliphatic carbocycles. The van der Waals surface area contributed by atoms with Gasteiger partial charge in [-0.05, 0) is 43.0 Å². The van der Waals surface area contributed by atoms with Crippen molar-refractivity contribution in [2.45, 2.75) is 33.7 Å². The van der Waals surface area contributed by atoms with Gasteiger partial charge in [-0.25, -0.2) is 0 Å². The summed E-state index contributed by atoms with van der Waals surface area (Å²) in [5, 5.41) is 9.36. The van der Waals surface area contributed by atoms with Gasteiger partial charge < -0.3 is 20.7 Å². The number of rotatable bonds is 10. The first-order chi connectivity index (χ1) is 14.5. The number of aryl methyl sites for hydroxylation is 1. The van der Waals surface area contributed by atoms with Crippen LogP contribution in [0.2, 0.25) is 0 Å². The zero-order valence-electron chi connectivity index (χ0n) is 18.8. The maximum atomic E-state index is 12.0. The Kier molecular flexibility index (Phi) is 12.6. The van der Waals surface area contributed by atoms with Crippen LogP contribution in [0.4, 0.5) is 0 Å². The molecule has 0 radical (unpaired) electrons. The van der Waals surface area contributed by atoms with E-state index in [2.05, 4.69) is 64.9 Å². The average molecular weight is 539 g/mol. The van der Waals surface area contributed by atoms with Crippen molar-refractivity contribution in [1.82, 2.24) is 20.9 Å². The van der Waals surface area contributed by atoms with Gasteiger partial charge in [0.05, 0.1) is 12.2 Å². The number of nitrogens with one attached hydrogen (secondary N) is 3. The molecule has 8 heteroatoms. The lowest BCUT2D eigenvalue weighted by atomic mass is 10.1. The summed E-state index contributed by atoms with van der Waals surface area (Å²) >= 11 is 0. The van der Waals surface area contributed by atoms with Crippen LogP contribution in [0.1, 0.15) is 41.8 Å². The lowest BCUT2D eigenvalue weighted by Gasteiger charge is -2.16. The molecule has 0 unspecified atom stereocenters. The first-order valence-corrected chi connectivity index (χ1v) is 10.3. The fraction of sp³-hybridized carbons (Fsp3) is 0.435. The topological polar surface area (TPSA) is 87.6 Å². The summed E-state index contributed by atoms with van der Waals surface area (Å²) in [7, 11) is 1.72. The monoisotopic (exact) mass is 539 g/mol. The minimum atomic E-state index is -0.143. The molecule has 0 saturated heterocycles. The Bertz CT molecular complexity index is 828. The van der Waals surface area contributed by atoms with Crippen LogP contribution in [0, 0.1) is 12.8 Å². The summed E-state index contributed by atoms with van der Waals surface area (Å²) < 4.78 is 6.01. The minimum absolute atomic E-state index is 0. The van der Waals surface area contributed by atoms with Crippen molar-refractivity contribution in [2.75, 3.05) is 26.7 Å². The highest BCUT2D eigenvalue weighted by Gasteiger charge is 2.07. The first kappa shape index (κ1) is 26.7. The van der Waals surface area contributed by atoms with Crippen LogP contribution in [-0.4, -0.2) is 43.6 Å². The van der Waals surface area contributed by atoms with Crippen LogP contribution in [0.3, 0.4) is 0 Å². The van der Waals surface area contributed by atoms with Crippen molar-refractivity contribution in [1.29, 1.82) is 0 Å². The number of amides is 1. The second-order valence-electron chi connectivity index (χ2n) is 7.49. The lowest BCUT2D eigenvalue weighted by Crippen LogP contribution is -2.41. The number of guanidine groups is 1. The molecular formula is C23H34IN5O2. The molecule has 0 spiro atoms. The molecule has 2 aromatic rings. The second kappa shape index (κ2) is 14.6. The molecule has 0 aliphatic rings. The van der Waals surface area contributed by atoms with E-state index in [1.54, 1.807) is 31.6 Å². The Balaban J connectivity index is 0.00000480. The normalized spacial score (nSPS) is 10.9. The molecule has 1 aromatic carbocycles. The number of hydrogen-bond donors (Lipinski definition) is 3. The molecule has 170 valence electrons. The number of halogens is 1. The number of nitrogens with zero attached hydrogens (tertiary/aromatic N) is 2. The van der Waals surface area contributed by atoms with Gasteiger partial charge in [-0.15, -0.1) is 24.0 Å². The third-order valence-electron chi connectivity index (χ3n) is 4.47. The van der Waals surface area contributed by atoms with Crippen LogP contribution in [0.15, 0.2) is 47.7 Å². The van der Waals surface area contributed by atoms with E-state index in [1.807, 2.05) is 0 Å². The van der Waals surface area contributed by atoms with E-state index < -0.39 is 0 Å². The van der Waals surface area contributed by atoms with Crippen LogP contribution in [0.25, 0.3) is 0 Å². The Morgan fingerprint density at radius 1 is 1.16 bits per heavy atom. The summed E-state index contributed by atoms with van der Waals surface area (Å²) in [6.07, 6.45) is 4.21. The predicted octanol–water partition coefficient (Wildman–Crippen LogP) is 3.53. The van der Waals surface area contributed by atoms with Gasteiger partial charge >= 0.3 is 0 Å². The summed E-state index contributed by atoms with van der Waals surface area (Å²) in [6, 6.07) is 9.70. The van der Waals surface area contributed by atoms with Crippen molar-refractivity contribution >= 4 is 35.8 Å². The van der Waals surface area contributed by atoms with Gasteiger partial charge in [0.25, 0.3) is 5.91 Å². The first-order valence-electron chi connectivity index (χ1n) is 10.3. The zero-order chi connectivity index (χ0) is 21.8. The van der Waals surface area contributed by atoms with Gasteiger partial charge in [0.15, 0.2) is 5.96 Å². The molecule has 1 aromatic heterocycles. The molecule has 2 rings (SSSR count). The lowest BCUT2D eigenvalue weighted by molar-refractivity contribution is 0.0954. The summed E-state index contributed by atoms with van der Waals surface area (Å²) in [5.41, 5.74) is 2.80. The van der Waals surface area contributed by atoms with Crippen molar-refractivity contribution in [3.8, 4) is 5.75 Å². The van der Waals surface area contributed by atoms with E-state index in [-0.39, 0.29) is 29.9 Å². The van der Waals surface area contributed by atoms with Gasteiger partial charge in [-0.3, -0.25) is 14.8 Å². The van der Waals surface area contributed by atoms with Gasteiger partial charge in [-0.2, -0.15) is 0 Å². The van der Waals surface area contributed by atoms with Crippen LogP contribution in [0.5, 0.6) is 5.75 Å². The SMILES string of the molecule is CN=C(NCCNC(=O)c1cccnc1)NCc1ccc(C)cc1OCCC(C)C.I. The Morgan fingerprint density at radius 3 is 2.61 bits per heavy atom. The number of carbonyl (C=O) groups excluding carboxylic acids is 1. The van der Waals surface area contributed by atoms with Crippen molar-refractivity contribution in [3.05, 3.63) is 59.4 Å². The van der Waals surface area contributed by atoms with E-state index in [0.29, 0.717) is 43.7 Å². The average Bonchev–Trinajstić information content (AvgIpc) is 2.74. The predicted molar refractivity (Wildman–Crippen MR) is 136 cm³/mol. The molecule has 3 N–H and O–H groups in total. The third kappa shape index (κ3) is 9.99. The molecule has 1 heterocycles. The van der Waals surface area contributed by atoms with Crippen LogP contribution < -0.4 is 20.7 Å². The van der Waals surface area contributed by atoms with Crippen LogP contribution >= 0.6 is 24.0 Å². The molecule has 0 fully saturated rings.